The number of carbonyl (C=O) groups excluding carboxylic acids is 1. The van der Waals surface area contributed by atoms with Crippen LogP contribution >= 0.6 is 11.6 Å². The number of aryl methyl sites for hydroxylation is 1. The van der Waals surface area contributed by atoms with Crippen molar-refractivity contribution in [2.75, 3.05) is 5.32 Å². The van der Waals surface area contributed by atoms with E-state index in [1.807, 2.05) is 0 Å². The number of benzene rings is 1. The minimum atomic E-state index is -4.58. The lowest BCUT2D eigenvalue weighted by Crippen LogP contribution is -2.17. The predicted molar refractivity (Wildman–Crippen MR) is 88.3 cm³/mol. The zero-order valence-corrected chi connectivity index (χ0v) is 14.0. The molecule has 0 atom stereocenters. The van der Waals surface area contributed by atoms with Crippen LogP contribution in [-0.2, 0) is 6.18 Å². The number of anilines is 1. The Morgan fingerprint density at radius 2 is 2.00 bits per heavy atom. The molecule has 2 heterocycles. The van der Waals surface area contributed by atoms with Gasteiger partial charge in [-0.2, -0.15) is 18.3 Å². The molecule has 0 radical (unpaired) electrons. The van der Waals surface area contributed by atoms with Gasteiger partial charge in [-0.3, -0.25) is 4.79 Å². The number of alkyl halides is 3. The van der Waals surface area contributed by atoms with Crippen LogP contribution < -0.4 is 5.32 Å². The summed E-state index contributed by atoms with van der Waals surface area (Å²) >= 11 is 5.98. The molecule has 1 amide bonds. The maximum atomic E-state index is 12.7. The Labute approximate surface area is 150 Å². The largest absolute Gasteiger partial charge is 0.433 e. The Morgan fingerprint density at radius 3 is 2.62 bits per heavy atom. The van der Waals surface area contributed by atoms with Gasteiger partial charge in [0.25, 0.3) is 5.91 Å². The number of hydrogen-bond acceptors (Lipinski definition) is 4. The summed E-state index contributed by atoms with van der Waals surface area (Å²) in [5.41, 5.74) is -0.258. The molecule has 0 aliphatic rings. The van der Waals surface area contributed by atoms with E-state index in [1.54, 1.807) is 12.1 Å². The quantitative estimate of drug-likeness (QED) is 0.747. The molecule has 10 heteroatoms. The summed E-state index contributed by atoms with van der Waals surface area (Å²) in [5.74, 6) is -0.618. The topological polar surface area (TPSA) is 72.7 Å². The molecule has 2 aromatic heterocycles. The summed E-state index contributed by atoms with van der Waals surface area (Å²) < 4.78 is 39.5. The van der Waals surface area contributed by atoms with Crippen LogP contribution in [0.2, 0.25) is 5.02 Å². The van der Waals surface area contributed by atoms with Crippen molar-refractivity contribution in [1.29, 1.82) is 0 Å². The molecule has 3 aromatic rings. The molecule has 0 saturated carbocycles. The predicted octanol–water partition coefficient (Wildman–Crippen LogP) is 3.90. The zero-order valence-electron chi connectivity index (χ0n) is 13.3. The van der Waals surface area contributed by atoms with Crippen molar-refractivity contribution in [3.63, 3.8) is 0 Å². The number of amides is 1. The fraction of sp³-hybridized carbons (Fsp3) is 0.125. The number of carbonyl (C=O) groups is 1. The van der Waals surface area contributed by atoms with E-state index in [9.17, 15) is 18.0 Å². The molecular weight excluding hydrogens is 371 g/mol. The van der Waals surface area contributed by atoms with Gasteiger partial charge in [-0.05, 0) is 37.3 Å². The zero-order chi connectivity index (χ0) is 18.9. The first-order valence-corrected chi connectivity index (χ1v) is 7.64. The molecular formula is C16H11ClF3N5O. The lowest BCUT2D eigenvalue weighted by Gasteiger charge is -2.13. The van der Waals surface area contributed by atoms with Gasteiger partial charge in [0.05, 0.1) is 22.6 Å². The number of halogens is 4. The summed E-state index contributed by atoms with van der Waals surface area (Å²) in [6, 6.07) is 6.59. The summed E-state index contributed by atoms with van der Waals surface area (Å²) in [6.07, 6.45) is -1.82. The van der Waals surface area contributed by atoms with E-state index in [2.05, 4.69) is 20.4 Å². The highest BCUT2D eigenvalue weighted by Crippen LogP contribution is 2.29. The van der Waals surface area contributed by atoms with Crippen molar-refractivity contribution >= 4 is 23.2 Å². The maximum Gasteiger partial charge on any atom is 0.433 e. The number of hydrogen-bond donors (Lipinski definition) is 1. The van der Waals surface area contributed by atoms with Gasteiger partial charge in [0.2, 0.25) is 0 Å². The van der Waals surface area contributed by atoms with Gasteiger partial charge >= 0.3 is 6.18 Å². The highest BCUT2D eigenvalue weighted by Gasteiger charge is 2.33. The van der Waals surface area contributed by atoms with Gasteiger partial charge in [-0.15, -0.1) is 0 Å². The molecule has 0 fully saturated rings. The standard InChI is InChI=1S/C16H11ClF3N5O/c1-9-11(3-5-14(23-9)16(18,19)20)15(26)24-12-6-10(17)2-4-13(12)25-8-21-7-22-25/h2-8H,1H3,(H,24,26). The van der Waals surface area contributed by atoms with Gasteiger partial charge in [-0.25, -0.2) is 14.6 Å². The highest BCUT2D eigenvalue weighted by atomic mass is 35.5. The van der Waals surface area contributed by atoms with E-state index in [4.69, 9.17) is 11.6 Å². The number of aromatic nitrogens is 4. The average Bonchev–Trinajstić information content (AvgIpc) is 3.08. The second kappa shape index (κ2) is 6.75. The van der Waals surface area contributed by atoms with Gasteiger partial charge in [-0.1, -0.05) is 11.6 Å². The van der Waals surface area contributed by atoms with E-state index >= 15 is 0 Å². The van der Waals surface area contributed by atoms with Crippen LogP contribution in [0.15, 0.2) is 43.0 Å². The molecule has 6 nitrogen and oxygen atoms in total. The lowest BCUT2D eigenvalue weighted by molar-refractivity contribution is -0.141. The van der Waals surface area contributed by atoms with Crippen molar-refractivity contribution in [2.45, 2.75) is 13.1 Å². The monoisotopic (exact) mass is 381 g/mol. The number of rotatable bonds is 3. The van der Waals surface area contributed by atoms with E-state index in [0.29, 0.717) is 16.4 Å². The Bertz CT molecular complexity index is 957. The first kappa shape index (κ1) is 17.9. The van der Waals surface area contributed by atoms with E-state index in [-0.39, 0.29) is 11.3 Å². The van der Waals surface area contributed by atoms with Crippen LogP contribution in [0.1, 0.15) is 21.7 Å². The number of nitrogens with zero attached hydrogens (tertiary/aromatic N) is 4. The number of pyridine rings is 1. The maximum absolute atomic E-state index is 12.7. The molecule has 134 valence electrons. The third kappa shape index (κ3) is 3.67. The van der Waals surface area contributed by atoms with Crippen molar-refractivity contribution in [3.8, 4) is 5.69 Å². The third-order valence-electron chi connectivity index (χ3n) is 3.49. The lowest BCUT2D eigenvalue weighted by atomic mass is 10.1. The molecule has 3 rings (SSSR count). The SMILES string of the molecule is Cc1nc(C(F)(F)F)ccc1C(=O)Nc1cc(Cl)ccc1-n1cncn1. The van der Waals surface area contributed by atoms with Crippen LogP contribution in [0, 0.1) is 6.92 Å². The fourth-order valence-corrected chi connectivity index (χ4v) is 2.46. The molecule has 1 N–H and O–H groups in total. The van der Waals surface area contributed by atoms with E-state index in [0.717, 1.165) is 12.1 Å². The van der Waals surface area contributed by atoms with Crippen LogP contribution in [0.5, 0.6) is 0 Å². The van der Waals surface area contributed by atoms with Crippen molar-refractivity contribution in [3.05, 3.63) is 65.0 Å². The van der Waals surface area contributed by atoms with Gasteiger partial charge in [0, 0.05) is 5.02 Å². The third-order valence-corrected chi connectivity index (χ3v) is 3.73. The molecule has 0 saturated heterocycles. The Hall–Kier alpha value is -2.94. The summed E-state index contributed by atoms with van der Waals surface area (Å²) in [4.78, 5) is 19.8. The molecule has 0 aliphatic heterocycles. The van der Waals surface area contributed by atoms with Crippen molar-refractivity contribution in [1.82, 2.24) is 19.7 Å². The molecule has 0 aliphatic carbocycles. The first-order chi connectivity index (χ1) is 12.3. The average molecular weight is 382 g/mol. The minimum Gasteiger partial charge on any atom is -0.320 e. The number of nitrogens with one attached hydrogen (secondary N) is 1. The first-order valence-electron chi connectivity index (χ1n) is 7.26. The molecule has 26 heavy (non-hydrogen) atoms. The van der Waals surface area contributed by atoms with E-state index < -0.39 is 17.8 Å². The molecule has 0 unspecified atom stereocenters. The van der Waals surface area contributed by atoms with E-state index in [1.165, 1.54) is 30.3 Å². The fourth-order valence-electron chi connectivity index (χ4n) is 2.29. The molecule has 0 bridgehead atoms. The van der Waals surface area contributed by atoms with Crippen molar-refractivity contribution < 1.29 is 18.0 Å². The van der Waals surface area contributed by atoms with Gasteiger partial charge in [0.15, 0.2) is 0 Å². The van der Waals surface area contributed by atoms with Crippen LogP contribution in [0.4, 0.5) is 18.9 Å². The normalized spacial score (nSPS) is 11.4. The summed E-state index contributed by atoms with van der Waals surface area (Å²) in [7, 11) is 0. The van der Waals surface area contributed by atoms with Crippen LogP contribution in [0.3, 0.4) is 0 Å². The molecule has 0 spiro atoms. The van der Waals surface area contributed by atoms with Gasteiger partial charge in [0.1, 0.15) is 18.3 Å². The smallest absolute Gasteiger partial charge is 0.320 e. The van der Waals surface area contributed by atoms with Crippen LogP contribution in [0.25, 0.3) is 5.69 Å². The Balaban J connectivity index is 1.93. The molecule has 1 aromatic carbocycles. The summed E-state index contributed by atoms with van der Waals surface area (Å²) in [6.45, 7) is 1.33. The Kier molecular flexibility index (Phi) is 4.64. The van der Waals surface area contributed by atoms with Gasteiger partial charge < -0.3 is 5.32 Å². The second-order valence-corrected chi connectivity index (χ2v) is 5.72. The highest BCUT2D eigenvalue weighted by molar-refractivity contribution is 6.31. The summed E-state index contributed by atoms with van der Waals surface area (Å²) in [5, 5.41) is 6.98. The van der Waals surface area contributed by atoms with Crippen molar-refractivity contribution in [2.24, 2.45) is 0 Å². The Morgan fingerprint density at radius 1 is 1.23 bits per heavy atom. The van der Waals surface area contributed by atoms with Crippen LogP contribution in [-0.4, -0.2) is 25.7 Å². The minimum absolute atomic E-state index is 0.0162. The second-order valence-electron chi connectivity index (χ2n) is 5.28.